The summed E-state index contributed by atoms with van der Waals surface area (Å²) < 4.78 is 29.6. The molecule has 15 heavy (non-hydrogen) atoms. The highest BCUT2D eigenvalue weighted by Crippen LogP contribution is 2.45. The van der Waals surface area contributed by atoms with Crippen LogP contribution in [-0.2, 0) is 14.9 Å². The van der Waals surface area contributed by atoms with Gasteiger partial charge in [-0.05, 0) is 30.3 Å². The Balaban J connectivity index is 4.34. The molecule has 6 heteroatoms. The van der Waals surface area contributed by atoms with E-state index in [1.807, 2.05) is 13.2 Å². The first-order chi connectivity index (χ1) is 6.75. The normalized spacial score (nSPS) is 17.8. The third kappa shape index (κ3) is 5.34. The topological polar surface area (TPSA) is 71.4 Å². The molecule has 0 aliphatic carbocycles. The largest absolute Gasteiger partial charge is 0.286 e. The number of carbonyl (C=O) groups is 1. The van der Waals surface area contributed by atoms with E-state index in [2.05, 4.69) is 6.58 Å². The minimum Gasteiger partial charge on any atom is -0.286 e. The van der Waals surface area contributed by atoms with Gasteiger partial charge in [-0.2, -0.15) is 18.4 Å². The van der Waals surface area contributed by atoms with Crippen molar-refractivity contribution in [3.05, 3.63) is 12.7 Å². The maximum Gasteiger partial charge on any atom is 0.264 e. The third-order valence-corrected chi connectivity index (χ3v) is 6.69. The van der Waals surface area contributed by atoms with Crippen molar-refractivity contribution in [2.24, 2.45) is 0 Å². The fourth-order valence-corrected chi connectivity index (χ4v) is 3.80. The number of hydrogen-bond acceptors (Lipinski definition) is 3. The zero-order chi connectivity index (χ0) is 12.1. The standard InChI is InChI=1S/C9H18O4S2/c1-4-9(10)14(3,5-2)7-6-8-15(11,12)13/h4H,1,5-8H2,2-3H3,(H,11,12,13). The molecule has 1 atom stereocenters. The molecule has 1 N–H and O–H groups in total. The van der Waals surface area contributed by atoms with E-state index in [0.717, 1.165) is 0 Å². The monoisotopic (exact) mass is 254 g/mol. The molecule has 0 aromatic carbocycles. The average molecular weight is 254 g/mol. The molecule has 0 bridgehead atoms. The van der Waals surface area contributed by atoms with Crippen molar-refractivity contribution in [2.45, 2.75) is 13.3 Å². The Hall–Kier alpha value is -0.330. The third-order valence-electron chi connectivity index (χ3n) is 2.29. The fourth-order valence-electron chi connectivity index (χ4n) is 1.15. The highest BCUT2D eigenvalue weighted by Gasteiger charge is 2.23. The summed E-state index contributed by atoms with van der Waals surface area (Å²) in [4.78, 5) is 11.5. The van der Waals surface area contributed by atoms with Gasteiger partial charge in [-0.15, -0.1) is 0 Å². The van der Waals surface area contributed by atoms with E-state index in [9.17, 15) is 13.2 Å². The first-order valence-corrected chi connectivity index (χ1v) is 8.59. The van der Waals surface area contributed by atoms with Gasteiger partial charge < -0.3 is 0 Å². The zero-order valence-electron chi connectivity index (χ0n) is 9.10. The lowest BCUT2D eigenvalue weighted by atomic mass is 10.6. The van der Waals surface area contributed by atoms with Gasteiger partial charge in [-0.3, -0.25) is 9.35 Å². The van der Waals surface area contributed by atoms with Gasteiger partial charge >= 0.3 is 0 Å². The van der Waals surface area contributed by atoms with Crippen molar-refractivity contribution in [1.29, 1.82) is 0 Å². The fraction of sp³-hybridized carbons (Fsp3) is 0.667. The smallest absolute Gasteiger partial charge is 0.264 e. The maximum absolute atomic E-state index is 11.5. The van der Waals surface area contributed by atoms with E-state index in [-0.39, 0.29) is 10.9 Å². The molecule has 0 aromatic heterocycles. The highest BCUT2D eigenvalue weighted by molar-refractivity contribution is 8.45. The second kappa shape index (κ2) is 5.67. The molecule has 1 unspecified atom stereocenters. The Morgan fingerprint density at radius 3 is 2.27 bits per heavy atom. The predicted molar refractivity (Wildman–Crippen MR) is 65.2 cm³/mol. The molecule has 0 radical (unpaired) electrons. The molecule has 0 saturated carbocycles. The predicted octanol–water partition coefficient (Wildman–Crippen LogP) is 1.43. The molecule has 0 aliphatic rings. The summed E-state index contributed by atoms with van der Waals surface area (Å²) in [6.07, 6.45) is 3.48. The Bertz CT molecular complexity index is 334. The van der Waals surface area contributed by atoms with E-state index in [1.165, 1.54) is 6.08 Å². The molecule has 0 fully saturated rings. The lowest BCUT2D eigenvalue weighted by Gasteiger charge is -2.31. The van der Waals surface area contributed by atoms with Crippen LogP contribution in [0.3, 0.4) is 0 Å². The summed E-state index contributed by atoms with van der Waals surface area (Å²) in [5.74, 6) is 0.956. The van der Waals surface area contributed by atoms with Crippen LogP contribution in [-0.4, -0.2) is 41.6 Å². The van der Waals surface area contributed by atoms with Crippen LogP contribution in [0.2, 0.25) is 0 Å². The Morgan fingerprint density at radius 2 is 1.93 bits per heavy atom. The first-order valence-electron chi connectivity index (χ1n) is 4.60. The van der Waals surface area contributed by atoms with Crippen molar-refractivity contribution in [3.8, 4) is 0 Å². The van der Waals surface area contributed by atoms with Crippen molar-refractivity contribution in [2.75, 3.05) is 23.5 Å². The van der Waals surface area contributed by atoms with Crippen molar-refractivity contribution < 1.29 is 17.8 Å². The second-order valence-electron chi connectivity index (χ2n) is 3.43. The Labute approximate surface area is 92.8 Å². The lowest BCUT2D eigenvalue weighted by molar-refractivity contribution is -0.107. The summed E-state index contributed by atoms with van der Waals surface area (Å²) >= 11 is 0. The van der Waals surface area contributed by atoms with Crippen LogP contribution in [0.5, 0.6) is 0 Å². The van der Waals surface area contributed by atoms with Gasteiger partial charge in [-0.25, -0.2) is 0 Å². The summed E-state index contributed by atoms with van der Waals surface area (Å²) in [7, 11) is -5.37. The molecule has 0 spiro atoms. The van der Waals surface area contributed by atoms with Crippen LogP contribution < -0.4 is 0 Å². The van der Waals surface area contributed by atoms with Crippen molar-refractivity contribution in [3.63, 3.8) is 0 Å². The quantitative estimate of drug-likeness (QED) is 0.575. The summed E-state index contributed by atoms with van der Waals surface area (Å²) in [6, 6.07) is 0. The molecule has 0 aliphatic heterocycles. The molecule has 0 rings (SSSR count). The molecule has 90 valence electrons. The Kier molecular flexibility index (Phi) is 5.55. The summed E-state index contributed by atoms with van der Waals surface area (Å²) in [5.41, 5.74) is 0. The van der Waals surface area contributed by atoms with E-state index < -0.39 is 20.1 Å². The van der Waals surface area contributed by atoms with Crippen LogP contribution in [0.25, 0.3) is 0 Å². The van der Waals surface area contributed by atoms with Gasteiger partial charge in [0.1, 0.15) is 0 Å². The lowest BCUT2D eigenvalue weighted by Crippen LogP contribution is -2.17. The van der Waals surface area contributed by atoms with E-state index in [0.29, 0.717) is 17.9 Å². The summed E-state index contributed by atoms with van der Waals surface area (Å²) in [6.45, 7) is 5.34. The highest BCUT2D eigenvalue weighted by atomic mass is 32.3. The first kappa shape index (κ1) is 14.7. The Morgan fingerprint density at radius 1 is 1.40 bits per heavy atom. The average Bonchev–Trinajstić information content (AvgIpc) is 2.14. The number of rotatable bonds is 6. The minimum absolute atomic E-state index is 0.000313. The molecule has 0 saturated heterocycles. The number of hydrogen-bond donors (Lipinski definition) is 1. The SMILES string of the molecule is C=CC(=O)S(C)(CC)CCCS(=O)(=O)O. The van der Waals surface area contributed by atoms with Crippen LogP contribution in [0.1, 0.15) is 13.3 Å². The molecule has 0 amide bonds. The van der Waals surface area contributed by atoms with E-state index in [4.69, 9.17) is 4.55 Å². The van der Waals surface area contributed by atoms with E-state index in [1.54, 1.807) is 0 Å². The molecule has 4 nitrogen and oxygen atoms in total. The molecular weight excluding hydrogens is 236 g/mol. The molecule has 0 aromatic rings. The minimum atomic E-state index is -3.91. The summed E-state index contributed by atoms with van der Waals surface area (Å²) in [5, 5.41) is 0.000313. The van der Waals surface area contributed by atoms with Crippen molar-refractivity contribution >= 4 is 25.3 Å². The van der Waals surface area contributed by atoms with Crippen LogP contribution >= 0.6 is 10.0 Å². The van der Waals surface area contributed by atoms with Crippen LogP contribution in [0.4, 0.5) is 0 Å². The van der Waals surface area contributed by atoms with E-state index >= 15 is 0 Å². The van der Waals surface area contributed by atoms with Gasteiger partial charge in [0.25, 0.3) is 10.1 Å². The van der Waals surface area contributed by atoms with Gasteiger partial charge in [0.05, 0.1) is 5.75 Å². The maximum atomic E-state index is 11.5. The van der Waals surface area contributed by atoms with Crippen molar-refractivity contribution in [1.82, 2.24) is 0 Å². The van der Waals surface area contributed by atoms with Crippen LogP contribution in [0, 0.1) is 0 Å². The van der Waals surface area contributed by atoms with Gasteiger partial charge in [0.15, 0.2) is 5.12 Å². The van der Waals surface area contributed by atoms with Gasteiger partial charge in [0.2, 0.25) is 0 Å². The van der Waals surface area contributed by atoms with Gasteiger partial charge in [-0.1, -0.05) is 13.5 Å². The number of carbonyl (C=O) groups excluding carboxylic acids is 1. The van der Waals surface area contributed by atoms with Crippen LogP contribution in [0.15, 0.2) is 12.7 Å². The zero-order valence-corrected chi connectivity index (χ0v) is 10.7. The van der Waals surface area contributed by atoms with Gasteiger partial charge in [0, 0.05) is 0 Å². The second-order valence-corrected chi connectivity index (χ2v) is 8.94. The molecular formula is C9H18O4S2. The molecule has 0 heterocycles.